The first kappa shape index (κ1) is 18.5. The fourth-order valence-corrected chi connectivity index (χ4v) is 2.26. The Kier molecular flexibility index (Phi) is 5.45. The van der Waals surface area contributed by atoms with Crippen LogP contribution >= 0.6 is 0 Å². The smallest absolute Gasteiger partial charge is 0.359 e. The first-order valence-corrected chi connectivity index (χ1v) is 8.65. The Balaban J connectivity index is 1.98. The topological polar surface area (TPSA) is 141 Å². The molecule has 25 heavy (non-hydrogen) atoms. The first-order chi connectivity index (χ1) is 11.7. The maximum absolute atomic E-state index is 12.0. The molecule has 9 nitrogen and oxygen atoms in total. The Hall–Kier alpha value is -2.85. The van der Waals surface area contributed by atoms with Crippen molar-refractivity contribution in [3.8, 4) is 0 Å². The molecule has 0 aliphatic rings. The molecule has 2 aromatic rings. The van der Waals surface area contributed by atoms with Gasteiger partial charge >= 0.3 is 5.97 Å². The average Bonchev–Trinajstić information content (AvgIpc) is 2.55. The molecule has 0 spiro atoms. The van der Waals surface area contributed by atoms with Gasteiger partial charge in [-0.2, -0.15) is 0 Å². The molecular formula is C15H16N4O5S. The van der Waals surface area contributed by atoms with Crippen LogP contribution in [0.1, 0.15) is 23.1 Å². The number of hydrogen-bond acceptors (Lipinski definition) is 7. The van der Waals surface area contributed by atoms with Gasteiger partial charge in [-0.25, -0.2) is 23.3 Å². The lowest BCUT2D eigenvalue weighted by atomic mass is 10.3. The van der Waals surface area contributed by atoms with Gasteiger partial charge in [-0.05, 0) is 38.1 Å². The molecule has 1 heterocycles. The third-order valence-corrected chi connectivity index (χ3v) is 4.02. The van der Waals surface area contributed by atoms with Crippen LogP contribution in [-0.2, 0) is 19.6 Å². The molecule has 10 heteroatoms. The van der Waals surface area contributed by atoms with Crippen LogP contribution in [0.3, 0.4) is 0 Å². The second kappa shape index (κ2) is 7.36. The van der Waals surface area contributed by atoms with Crippen LogP contribution in [0.15, 0.2) is 41.6 Å². The van der Waals surface area contributed by atoms with Gasteiger partial charge in [-0.3, -0.25) is 9.78 Å². The summed E-state index contributed by atoms with van der Waals surface area (Å²) < 4.78 is 27.4. The van der Waals surface area contributed by atoms with E-state index in [4.69, 9.17) is 9.88 Å². The van der Waals surface area contributed by atoms with Crippen molar-refractivity contribution in [3.63, 3.8) is 0 Å². The van der Waals surface area contributed by atoms with Crippen LogP contribution in [0.4, 0.5) is 5.69 Å². The Morgan fingerprint density at radius 2 is 1.80 bits per heavy atom. The summed E-state index contributed by atoms with van der Waals surface area (Å²) in [6.07, 6.45) is 1.58. The maximum Gasteiger partial charge on any atom is 0.359 e. The quantitative estimate of drug-likeness (QED) is 0.741. The minimum absolute atomic E-state index is 0.0113. The molecule has 1 amide bonds. The maximum atomic E-state index is 12.0. The third-order valence-electron chi connectivity index (χ3n) is 3.09. The van der Waals surface area contributed by atoms with Gasteiger partial charge in [0.05, 0.1) is 16.8 Å². The van der Waals surface area contributed by atoms with Crippen LogP contribution in [0.5, 0.6) is 0 Å². The Morgan fingerprint density at radius 1 is 1.16 bits per heavy atom. The molecule has 0 saturated carbocycles. The minimum Gasteiger partial charge on any atom is -0.448 e. The number of hydrogen-bond donors (Lipinski definition) is 2. The largest absolute Gasteiger partial charge is 0.448 e. The molecule has 0 aliphatic carbocycles. The summed E-state index contributed by atoms with van der Waals surface area (Å²) >= 11 is 0. The average molecular weight is 364 g/mol. The van der Waals surface area contributed by atoms with Gasteiger partial charge in [-0.1, -0.05) is 0 Å². The van der Waals surface area contributed by atoms with E-state index in [2.05, 4.69) is 15.3 Å². The van der Waals surface area contributed by atoms with E-state index in [0.717, 1.165) is 0 Å². The van der Waals surface area contributed by atoms with E-state index in [1.807, 2.05) is 0 Å². The lowest BCUT2D eigenvalue weighted by Crippen LogP contribution is -2.30. The summed E-state index contributed by atoms with van der Waals surface area (Å²) in [6.45, 7) is 3.12. The highest BCUT2D eigenvalue weighted by Gasteiger charge is 2.20. The zero-order chi connectivity index (χ0) is 18.6. The highest BCUT2D eigenvalue weighted by atomic mass is 32.2. The molecule has 0 fully saturated rings. The fraction of sp³-hybridized carbons (Fsp3) is 0.200. The van der Waals surface area contributed by atoms with Crippen molar-refractivity contribution in [2.24, 2.45) is 5.14 Å². The predicted molar refractivity (Wildman–Crippen MR) is 88.1 cm³/mol. The Morgan fingerprint density at radius 3 is 2.32 bits per heavy atom. The van der Waals surface area contributed by atoms with Crippen LogP contribution in [-0.4, -0.2) is 36.4 Å². The molecule has 1 aromatic heterocycles. The van der Waals surface area contributed by atoms with Crippen LogP contribution in [0.25, 0.3) is 0 Å². The van der Waals surface area contributed by atoms with Gasteiger partial charge < -0.3 is 10.1 Å². The van der Waals surface area contributed by atoms with E-state index in [9.17, 15) is 18.0 Å². The number of ether oxygens (including phenoxy) is 1. The first-order valence-electron chi connectivity index (χ1n) is 7.10. The van der Waals surface area contributed by atoms with Crippen molar-refractivity contribution in [1.82, 2.24) is 9.97 Å². The number of carbonyl (C=O) groups is 2. The highest BCUT2D eigenvalue weighted by molar-refractivity contribution is 7.89. The number of aryl methyl sites for hydroxylation is 1. The van der Waals surface area contributed by atoms with Crippen molar-refractivity contribution in [2.45, 2.75) is 24.8 Å². The standard InChI is InChI=1S/C15H16N4O5S/c1-9-7-18-13(8-17-9)15(21)24-10(2)14(20)19-11-3-5-12(6-4-11)25(16,22)23/h3-8,10H,1-2H3,(H,19,20)(H2,16,22,23)/t10-/m1/s1. The summed E-state index contributed by atoms with van der Waals surface area (Å²) in [5, 5.41) is 7.49. The summed E-state index contributed by atoms with van der Waals surface area (Å²) in [6, 6.07) is 5.25. The molecule has 2 rings (SSSR count). The van der Waals surface area contributed by atoms with E-state index >= 15 is 0 Å². The zero-order valence-electron chi connectivity index (χ0n) is 13.5. The monoisotopic (exact) mass is 364 g/mol. The van der Waals surface area contributed by atoms with E-state index in [0.29, 0.717) is 11.4 Å². The molecule has 0 radical (unpaired) electrons. The number of carbonyl (C=O) groups excluding carboxylic acids is 2. The van der Waals surface area contributed by atoms with Crippen LogP contribution in [0.2, 0.25) is 0 Å². The molecule has 0 saturated heterocycles. The lowest BCUT2D eigenvalue weighted by molar-refractivity contribution is -0.123. The third kappa shape index (κ3) is 5.06. The molecule has 3 N–H and O–H groups in total. The fourth-order valence-electron chi connectivity index (χ4n) is 1.74. The van der Waals surface area contributed by atoms with Gasteiger partial charge in [-0.15, -0.1) is 0 Å². The molecule has 1 aromatic carbocycles. The van der Waals surface area contributed by atoms with E-state index in [-0.39, 0.29) is 10.6 Å². The number of primary sulfonamides is 1. The van der Waals surface area contributed by atoms with Gasteiger partial charge in [0, 0.05) is 11.9 Å². The number of nitrogens with one attached hydrogen (secondary N) is 1. The molecular weight excluding hydrogens is 348 g/mol. The highest BCUT2D eigenvalue weighted by Crippen LogP contribution is 2.13. The minimum atomic E-state index is -3.81. The summed E-state index contributed by atoms with van der Waals surface area (Å²) in [5.41, 5.74) is 0.962. The number of anilines is 1. The molecule has 1 atom stereocenters. The number of sulfonamides is 1. The van der Waals surface area contributed by atoms with Crippen molar-refractivity contribution in [1.29, 1.82) is 0 Å². The molecule has 0 bridgehead atoms. The lowest BCUT2D eigenvalue weighted by Gasteiger charge is -2.13. The van der Waals surface area contributed by atoms with Gasteiger partial charge in [0.2, 0.25) is 10.0 Å². The molecule has 0 unspecified atom stereocenters. The van der Waals surface area contributed by atoms with Crippen LogP contribution in [0, 0.1) is 6.92 Å². The number of nitrogens with two attached hydrogens (primary N) is 1. The van der Waals surface area contributed by atoms with E-state index < -0.39 is 28.0 Å². The zero-order valence-corrected chi connectivity index (χ0v) is 14.3. The number of esters is 1. The second-order valence-electron chi connectivity index (χ2n) is 5.15. The van der Waals surface area contributed by atoms with E-state index in [1.165, 1.54) is 43.6 Å². The van der Waals surface area contributed by atoms with Gasteiger partial charge in [0.15, 0.2) is 11.8 Å². The Labute approximate surface area is 144 Å². The summed E-state index contributed by atoms with van der Waals surface area (Å²) in [7, 11) is -3.81. The predicted octanol–water partition coefficient (Wildman–Crippen LogP) is 0.616. The van der Waals surface area contributed by atoms with Crippen molar-refractivity contribution < 1.29 is 22.7 Å². The SMILES string of the molecule is Cc1cnc(C(=O)O[C@H](C)C(=O)Nc2ccc(S(N)(=O)=O)cc2)cn1. The van der Waals surface area contributed by atoms with Gasteiger partial charge in [0.25, 0.3) is 5.91 Å². The number of amides is 1. The summed E-state index contributed by atoms with van der Waals surface area (Å²) in [4.78, 5) is 31.7. The number of benzene rings is 1. The van der Waals surface area contributed by atoms with Crippen molar-refractivity contribution in [2.75, 3.05) is 5.32 Å². The molecule has 0 aliphatic heterocycles. The van der Waals surface area contributed by atoms with Crippen LogP contribution < -0.4 is 10.5 Å². The number of rotatable bonds is 5. The van der Waals surface area contributed by atoms with Crippen molar-refractivity contribution >= 4 is 27.6 Å². The van der Waals surface area contributed by atoms with Gasteiger partial charge in [0.1, 0.15) is 0 Å². The second-order valence-corrected chi connectivity index (χ2v) is 6.71. The normalized spacial score (nSPS) is 12.3. The van der Waals surface area contributed by atoms with E-state index in [1.54, 1.807) is 6.92 Å². The Bertz CT molecular complexity index is 879. The molecule has 132 valence electrons. The summed E-state index contributed by atoms with van der Waals surface area (Å²) in [5.74, 6) is -1.36. The number of aromatic nitrogens is 2. The van der Waals surface area contributed by atoms with Crippen molar-refractivity contribution in [3.05, 3.63) is 48.0 Å². The number of nitrogens with zero attached hydrogens (tertiary/aromatic N) is 2.